The fourth-order valence-corrected chi connectivity index (χ4v) is 4.90. The van der Waals surface area contributed by atoms with Crippen LogP contribution in [0.4, 0.5) is 11.4 Å². The van der Waals surface area contributed by atoms with Gasteiger partial charge in [0.2, 0.25) is 11.8 Å². The molecule has 2 amide bonds. The highest BCUT2D eigenvalue weighted by atomic mass is 16.2. The van der Waals surface area contributed by atoms with Gasteiger partial charge in [0.1, 0.15) is 5.41 Å². The second kappa shape index (κ2) is 10.3. The second-order valence-corrected chi connectivity index (χ2v) is 9.08. The number of nitrogens with one attached hydrogen (secondary N) is 2. The van der Waals surface area contributed by atoms with Gasteiger partial charge >= 0.3 is 0 Å². The largest absolute Gasteiger partial charge is 0.369 e. The minimum Gasteiger partial charge on any atom is -0.369 e. The summed E-state index contributed by atoms with van der Waals surface area (Å²) < 4.78 is 0. The summed E-state index contributed by atoms with van der Waals surface area (Å²) in [5, 5.41) is 5.82. The summed E-state index contributed by atoms with van der Waals surface area (Å²) in [6.45, 7) is 5.64. The average molecular weight is 451 g/mol. The Bertz CT molecular complexity index is 943. The van der Waals surface area contributed by atoms with E-state index < -0.39 is 5.41 Å². The minimum absolute atomic E-state index is 0.0502. The summed E-state index contributed by atoms with van der Waals surface area (Å²) in [4.78, 5) is 37.0. The lowest BCUT2D eigenvalue weighted by Gasteiger charge is -2.40. The van der Waals surface area contributed by atoms with Crippen LogP contribution in [0, 0.1) is 0 Å². The van der Waals surface area contributed by atoms with E-state index in [1.54, 1.807) is 13.2 Å². The third kappa shape index (κ3) is 5.34. The lowest BCUT2D eigenvalue weighted by atomic mass is 9.75. The van der Waals surface area contributed by atoms with Crippen LogP contribution in [0.25, 0.3) is 0 Å². The van der Waals surface area contributed by atoms with E-state index in [9.17, 15) is 9.59 Å². The number of benzene rings is 1. The minimum atomic E-state index is -0.737. The van der Waals surface area contributed by atoms with Gasteiger partial charge in [0.15, 0.2) is 0 Å². The second-order valence-electron chi connectivity index (χ2n) is 9.08. The molecule has 0 aliphatic carbocycles. The third-order valence-corrected chi connectivity index (χ3v) is 6.78. The molecule has 8 nitrogen and oxygen atoms in total. The van der Waals surface area contributed by atoms with Crippen LogP contribution in [0.3, 0.4) is 0 Å². The molecular weight excluding hydrogens is 416 g/mol. The van der Waals surface area contributed by atoms with Crippen LogP contribution in [-0.4, -0.2) is 86.5 Å². The Morgan fingerprint density at radius 3 is 2.45 bits per heavy atom. The van der Waals surface area contributed by atoms with Crippen molar-refractivity contribution in [3.8, 4) is 0 Å². The van der Waals surface area contributed by atoms with E-state index in [0.717, 1.165) is 56.9 Å². The maximum atomic E-state index is 12.9. The Balaban J connectivity index is 1.37. The lowest BCUT2D eigenvalue weighted by Crippen LogP contribution is -2.55. The Kier molecular flexibility index (Phi) is 7.25. The number of piperazine rings is 1. The van der Waals surface area contributed by atoms with E-state index in [1.807, 2.05) is 30.3 Å². The topological polar surface area (TPSA) is 80.8 Å². The highest BCUT2D eigenvalue weighted by molar-refractivity contribution is 5.93. The number of likely N-dealkylation sites (tertiary alicyclic amines) is 1. The Morgan fingerprint density at radius 1 is 1.03 bits per heavy atom. The molecule has 33 heavy (non-hydrogen) atoms. The lowest BCUT2D eigenvalue weighted by molar-refractivity contribution is -0.130. The molecule has 176 valence electrons. The monoisotopic (exact) mass is 450 g/mol. The maximum Gasteiger partial charge on any atom is 0.238 e. The van der Waals surface area contributed by atoms with Gasteiger partial charge in [-0.05, 0) is 62.8 Å². The first-order valence-corrected chi connectivity index (χ1v) is 11.7. The predicted octanol–water partition coefficient (Wildman–Crippen LogP) is 1.55. The molecule has 0 saturated carbocycles. The van der Waals surface area contributed by atoms with Crippen LogP contribution in [-0.2, 0) is 15.0 Å². The summed E-state index contributed by atoms with van der Waals surface area (Å²) in [6, 6.07) is 13.7. The van der Waals surface area contributed by atoms with E-state index >= 15 is 0 Å². The van der Waals surface area contributed by atoms with Crippen molar-refractivity contribution in [1.82, 2.24) is 20.1 Å². The predicted molar refractivity (Wildman–Crippen MR) is 130 cm³/mol. The third-order valence-electron chi connectivity index (χ3n) is 6.78. The number of aromatic nitrogens is 1. The summed E-state index contributed by atoms with van der Waals surface area (Å²) in [7, 11) is 3.80. The summed E-state index contributed by atoms with van der Waals surface area (Å²) in [6.07, 6.45) is 3.27. The molecule has 2 N–H and O–H groups in total. The van der Waals surface area contributed by atoms with Crippen molar-refractivity contribution in [2.75, 3.05) is 70.1 Å². The zero-order valence-corrected chi connectivity index (χ0v) is 19.6. The fraction of sp³-hybridized carbons (Fsp3) is 0.480. The number of amides is 2. The molecule has 0 spiro atoms. The number of carbonyl (C=O) groups is 2. The molecule has 1 aromatic carbocycles. The zero-order valence-electron chi connectivity index (χ0n) is 19.6. The molecule has 1 atom stereocenters. The Labute approximate surface area is 196 Å². The van der Waals surface area contributed by atoms with E-state index in [2.05, 4.69) is 49.5 Å². The molecule has 0 radical (unpaired) electrons. The zero-order chi connectivity index (χ0) is 23.3. The van der Waals surface area contributed by atoms with Crippen molar-refractivity contribution in [2.45, 2.75) is 18.3 Å². The Morgan fingerprint density at radius 2 is 1.79 bits per heavy atom. The molecule has 2 aromatic rings. The van der Waals surface area contributed by atoms with Gasteiger partial charge in [-0.3, -0.25) is 19.5 Å². The SMILES string of the molecule is CNC(=O)[C@@]1(c2ccccn2)CCCN(CC(=O)Nc2ccc(N3CCN(C)CC3)cc2)C1. The molecule has 4 rings (SSSR count). The van der Waals surface area contributed by atoms with Gasteiger partial charge in [0.25, 0.3) is 0 Å². The van der Waals surface area contributed by atoms with Crippen molar-refractivity contribution >= 4 is 23.2 Å². The van der Waals surface area contributed by atoms with Gasteiger partial charge in [-0.15, -0.1) is 0 Å². The maximum absolute atomic E-state index is 12.9. The van der Waals surface area contributed by atoms with Gasteiger partial charge in [-0.1, -0.05) is 6.07 Å². The highest BCUT2D eigenvalue weighted by Crippen LogP contribution is 2.33. The smallest absolute Gasteiger partial charge is 0.238 e. The van der Waals surface area contributed by atoms with Crippen molar-refractivity contribution in [3.63, 3.8) is 0 Å². The number of piperidine rings is 1. The van der Waals surface area contributed by atoms with Crippen LogP contribution >= 0.6 is 0 Å². The molecular formula is C25H34N6O2. The number of likely N-dealkylation sites (N-methyl/N-ethyl adjacent to an activating group) is 2. The van der Waals surface area contributed by atoms with E-state index in [4.69, 9.17) is 0 Å². The van der Waals surface area contributed by atoms with Crippen molar-refractivity contribution < 1.29 is 9.59 Å². The van der Waals surface area contributed by atoms with E-state index in [1.165, 1.54) is 5.69 Å². The molecule has 2 aliphatic heterocycles. The fourth-order valence-electron chi connectivity index (χ4n) is 4.90. The van der Waals surface area contributed by atoms with Crippen molar-refractivity contribution in [2.24, 2.45) is 0 Å². The van der Waals surface area contributed by atoms with Crippen molar-refractivity contribution in [1.29, 1.82) is 0 Å². The molecule has 0 unspecified atom stereocenters. The first-order chi connectivity index (χ1) is 16.0. The number of nitrogens with zero attached hydrogens (tertiary/aromatic N) is 4. The highest BCUT2D eigenvalue weighted by Gasteiger charge is 2.44. The van der Waals surface area contributed by atoms with Crippen LogP contribution < -0.4 is 15.5 Å². The van der Waals surface area contributed by atoms with Gasteiger partial charge < -0.3 is 20.4 Å². The van der Waals surface area contributed by atoms with Gasteiger partial charge in [0.05, 0.1) is 12.2 Å². The number of rotatable bonds is 6. The number of hydrogen-bond donors (Lipinski definition) is 2. The molecule has 2 fully saturated rings. The normalized spacial score (nSPS) is 22.1. The van der Waals surface area contributed by atoms with Crippen LogP contribution in [0.5, 0.6) is 0 Å². The van der Waals surface area contributed by atoms with Crippen LogP contribution in [0.15, 0.2) is 48.7 Å². The van der Waals surface area contributed by atoms with Gasteiger partial charge in [-0.25, -0.2) is 0 Å². The molecule has 2 aliphatic rings. The van der Waals surface area contributed by atoms with Gasteiger partial charge in [0, 0.05) is 57.3 Å². The number of carbonyl (C=O) groups excluding carboxylic acids is 2. The van der Waals surface area contributed by atoms with Crippen LogP contribution in [0.2, 0.25) is 0 Å². The summed E-state index contributed by atoms with van der Waals surface area (Å²) in [5.41, 5.74) is 1.99. The van der Waals surface area contributed by atoms with Crippen molar-refractivity contribution in [3.05, 3.63) is 54.4 Å². The van der Waals surface area contributed by atoms with Gasteiger partial charge in [-0.2, -0.15) is 0 Å². The first kappa shape index (κ1) is 23.2. The number of hydrogen-bond acceptors (Lipinski definition) is 6. The van der Waals surface area contributed by atoms with E-state index in [-0.39, 0.29) is 18.4 Å². The summed E-state index contributed by atoms with van der Waals surface area (Å²) >= 11 is 0. The quantitative estimate of drug-likeness (QED) is 0.695. The molecule has 8 heteroatoms. The number of anilines is 2. The molecule has 3 heterocycles. The standard InChI is InChI=1S/C25H34N6O2/c1-26-24(33)25(22-6-3-4-12-27-22)11-5-13-30(19-25)18-23(32)28-20-7-9-21(10-8-20)31-16-14-29(2)15-17-31/h3-4,6-10,12H,5,11,13-19H2,1-2H3,(H,26,33)(H,28,32)/t25-/m0/s1. The first-order valence-electron chi connectivity index (χ1n) is 11.7. The van der Waals surface area contributed by atoms with E-state index in [0.29, 0.717) is 6.54 Å². The van der Waals surface area contributed by atoms with Crippen LogP contribution in [0.1, 0.15) is 18.5 Å². The number of pyridine rings is 1. The molecule has 1 aromatic heterocycles. The molecule has 2 saturated heterocycles. The molecule has 0 bridgehead atoms. The average Bonchev–Trinajstić information content (AvgIpc) is 2.85. The Hall–Kier alpha value is -2.97. The summed E-state index contributed by atoms with van der Waals surface area (Å²) in [5.74, 6) is -0.123.